The van der Waals surface area contributed by atoms with Crippen LogP contribution in [0.3, 0.4) is 0 Å². The third kappa shape index (κ3) is 2.38. The molecular formula is C17H20N2O5S. The van der Waals surface area contributed by atoms with Crippen LogP contribution in [-0.4, -0.2) is 48.3 Å². The van der Waals surface area contributed by atoms with Crippen molar-refractivity contribution in [2.45, 2.75) is 49.6 Å². The number of hydrogen-bond acceptors (Lipinski definition) is 4. The minimum atomic E-state index is -3.73. The summed E-state index contributed by atoms with van der Waals surface area (Å²) >= 11 is 0. The minimum absolute atomic E-state index is 0.0590. The van der Waals surface area contributed by atoms with Crippen molar-refractivity contribution in [3.05, 3.63) is 23.8 Å². The number of fused-ring (bicyclic) bond motifs is 3. The monoisotopic (exact) mass is 364 g/mol. The van der Waals surface area contributed by atoms with E-state index in [0.717, 1.165) is 17.7 Å². The molecular weight excluding hydrogens is 344 g/mol. The van der Waals surface area contributed by atoms with Crippen LogP contribution in [0.4, 0.5) is 5.69 Å². The molecule has 0 spiro atoms. The van der Waals surface area contributed by atoms with Gasteiger partial charge in [-0.3, -0.25) is 9.59 Å². The quantitative estimate of drug-likeness (QED) is 0.870. The Morgan fingerprint density at radius 3 is 2.64 bits per heavy atom. The van der Waals surface area contributed by atoms with Gasteiger partial charge in [0.2, 0.25) is 15.9 Å². The summed E-state index contributed by atoms with van der Waals surface area (Å²) in [6.45, 7) is 2.05. The van der Waals surface area contributed by atoms with Crippen molar-refractivity contribution in [2.75, 3.05) is 11.4 Å². The molecule has 1 N–H and O–H groups in total. The molecule has 2 bridgehead atoms. The van der Waals surface area contributed by atoms with Crippen molar-refractivity contribution in [1.29, 1.82) is 0 Å². The second-order valence-corrected chi connectivity index (χ2v) is 8.87. The Hall–Kier alpha value is -1.93. The smallest absolute Gasteiger partial charge is 0.308 e. The van der Waals surface area contributed by atoms with Gasteiger partial charge in [0.1, 0.15) is 0 Å². The highest BCUT2D eigenvalue weighted by Gasteiger charge is 2.54. The molecule has 134 valence electrons. The lowest BCUT2D eigenvalue weighted by Gasteiger charge is -2.23. The fourth-order valence-electron chi connectivity index (χ4n) is 4.57. The number of benzene rings is 1. The first-order valence-electron chi connectivity index (χ1n) is 8.48. The number of carbonyl (C=O) groups is 2. The van der Waals surface area contributed by atoms with Crippen LogP contribution in [0.25, 0.3) is 0 Å². The molecule has 8 heteroatoms. The maximum Gasteiger partial charge on any atom is 0.308 e. The first kappa shape index (κ1) is 16.5. The van der Waals surface area contributed by atoms with Gasteiger partial charge in [-0.2, -0.15) is 4.31 Å². The molecule has 2 saturated heterocycles. The molecule has 3 heterocycles. The van der Waals surface area contributed by atoms with Gasteiger partial charge in [-0.1, -0.05) is 0 Å². The molecule has 0 radical (unpaired) electrons. The Balaban J connectivity index is 1.69. The summed E-state index contributed by atoms with van der Waals surface area (Å²) < 4.78 is 27.7. The van der Waals surface area contributed by atoms with Gasteiger partial charge in [-0.05, 0) is 49.4 Å². The lowest BCUT2D eigenvalue weighted by Crippen LogP contribution is -2.37. The van der Waals surface area contributed by atoms with Crippen LogP contribution in [-0.2, 0) is 26.0 Å². The summed E-state index contributed by atoms with van der Waals surface area (Å²) in [4.78, 5) is 24.9. The predicted molar refractivity (Wildman–Crippen MR) is 89.8 cm³/mol. The zero-order valence-corrected chi connectivity index (χ0v) is 14.7. The predicted octanol–water partition coefficient (Wildman–Crippen LogP) is 1.22. The fourth-order valence-corrected chi connectivity index (χ4v) is 6.53. The third-order valence-electron chi connectivity index (χ3n) is 5.69. The SMILES string of the molecule is CC(=O)N1CCc2cc(S(=O)(=O)N3C4CCC3C(C(=O)O)C4)ccc21. The van der Waals surface area contributed by atoms with E-state index in [1.807, 2.05) is 0 Å². The largest absolute Gasteiger partial charge is 0.481 e. The Labute approximate surface area is 146 Å². The van der Waals surface area contributed by atoms with Crippen molar-refractivity contribution >= 4 is 27.6 Å². The Morgan fingerprint density at radius 1 is 1.24 bits per heavy atom. The van der Waals surface area contributed by atoms with E-state index in [2.05, 4.69) is 0 Å². The van der Waals surface area contributed by atoms with Crippen molar-refractivity contribution in [1.82, 2.24) is 4.31 Å². The molecule has 3 atom stereocenters. The van der Waals surface area contributed by atoms with Gasteiger partial charge in [-0.25, -0.2) is 8.42 Å². The van der Waals surface area contributed by atoms with E-state index in [0.29, 0.717) is 25.8 Å². The molecule has 0 aromatic heterocycles. The van der Waals surface area contributed by atoms with Gasteiger partial charge in [0, 0.05) is 31.2 Å². The lowest BCUT2D eigenvalue weighted by molar-refractivity contribution is -0.142. The van der Waals surface area contributed by atoms with Crippen LogP contribution < -0.4 is 4.90 Å². The first-order chi connectivity index (χ1) is 11.8. The zero-order valence-electron chi connectivity index (χ0n) is 13.9. The van der Waals surface area contributed by atoms with Crippen molar-refractivity contribution in [2.24, 2.45) is 5.92 Å². The Kier molecular flexibility index (Phi) is 3.66. The Bertz CT molecular complexity index is 866. The van der Waals surface area contributed by atoms with E-state index >= 15 is 0 Å². The highest BCUT2D eigenvalue weighted by Crippen LogP contribution is 2.45. The maximum absolute atomic E-state index is 13.1. The van der Waals surface area contributed by atoms with E-state index < -0.39 is 28.0 Å². The van der Waals surface area contributed by atoms with E-state index in [1.165, 1.54) is 17.3 Å². The van der Waals surface area contributed by atoms with Crippen LogP contribution >= 0.6 is 0 Å². The summed E-state index contributed by atoms with van der Waals surface area (Å²) in [6.07, 6.45) is 2.34. The number of anilines is 1. The summed E-state index contributed by atoms with van der Waals surface area (Å²) in [6, 6.07) is 4.18. The maximum atomic E-state index is 13.1. The molecule has 0 saturated carbocycles. The molecule has 2 fully saturated rings. The van der Waals surface area contributed by atoms with E-state index in [1.54, 1.807) is 17.0 Å². The highest BCUT2D eigenvalue weighted by molar-refractivity contribution is 7.89. The molecule has 7 nitrogen and oxygen atoms in total. The molecule has 3 aliphatic rings. The number of nitrogens with zero attached hydrogens (tertiary/aromatic N) is 2. The van der Waals surface area contributed by atoms with Crippen LogP contribution in [0.5, 0.6) is 0 Å². The van der Waals surface area contributed by atoms with Gasteiger partial charge in [0.15, 0.2) is 0 Å². The van der Waals surface area contributed by atoms with Crippen molar-refractivity contribution in [3.63, 3.8) is 0 Å². The van der Waals surface area contributed by atoms with Gasteiger partial charge < -0.3 is 10.0 Å². The summed E-state index contributed by atoms with van der Waals surface area (Å²) in [5.74, 6) is -1.59. The molecule has 25 heavy (non-hydrogen) atoms. The van der Waals surface area contributed by atoms with Crippen LogP contribution in [0, 0.1) is 5.92 Å². The molecule has 1 aromatic carbocycles. The van der Waals surface area contributed by atoms with Gasteiger partial charge in [0.25, 0.3) is 0 Å². The zero-order chi connectivity index (χ0) is 17.9. The molecule has 3 aliphatic heterocycles. The van der Waals surface area contributed by atoms with Crippen molar-refractivity contribution in [3.8, 4) is 0 Å². The van der Waals surface area contributed by atoms with Crippen LogP contribution in [0.2, 0.25) is 0 Å². The first-order valence-corrected chi connectivity index (χ1v) is 9.92. The van der Waals surface area contributed by atoms with Crippen molar-refractivity contribution < 1.29 is 23.1 Å². The standard InChI is InChI=1S/C17H20N2O5S/c1-10(20)18-7-6-11-8-13(3-5-15(11)18)25(23,24)19-12-2-4-16(19)14(9-12)17(21)22/h3,5,8,12,14,16H,2,4,6-7,9H2,1H3,(H,21,22). The van der Waals surface area contributed by atoms with Crippen LogP contribution in [0.1, 0.15) is 31.7 Å². The lowest BCUT2D eigenvalue weighted by atomic mass is 9.89. The summed E-state index contributed by atoms with van der Waals surface area (Å²) in [5, 5.41) is 9.34. The molecule has 1 aromatic rings. The van der Waals surface area contributed by atoms with E-state index in [4.69, 9.17) is 0 Å². The van der Waals surface area contributed by atoms with Gasteiger partial charge >= 0.3 is 5.97 Å². The molecule has 4 rings (SSSR count). The number of hydrogen-bond donors (Lipinski definition) is 1. The average molecular weight is 364 g/mol. The summed E-state index contributed by atoms with van der Waals surface area (Å²) in [7, 11) is -3.73. The highest BCUT2D eigenvalue weighted by atomic mass is 32.2. The number of carboxylic acids is 1. The number of rotatable bonds is 3. The fraction of sp³-hybridized carbons (Fsp3) is 0.529. The van der Waals surface area contributed by atoms with Crippen LogP contribution in [0.15, 0.2) is 23.1 Å². The third-order valence-corrected chi connectivity index (χ3v) is 7.67. The van der Waals surface area contributed by atoms with Gasteiger partial charge in [0.05, 0.1) is 10.8 Å². The number of sulfonamides is 1. The number of aliphatic carboxylic acids is 1. The molecule has 3 unspecified atom stereocenters. The average Bonchev–Trinajstić information content (AvgIpc) is 3.26. The van der Waals surface area contributed by atoms with Gasteiger partial charge in [-0.15, -0.1) is 0 Å². The number of carbonyl (C=O) groups excluding carboxylic acids is 1. The Morgan fingerprint density at radius 2 is 2.00 bits per heavy atom. The molecule has 0 aliphatic carbocycles. The number of carboxylic acid groups (broad SMARTS) is 1. The normalized spacial score (nSPS) is 28.4. The topological polar surface area (TPSA) is 95.0 Å². The second kappa shape index (κ2) is 5.54. The summed E-state index contributed by atoms with van der Waals surface area (Å²) in [5.41, 5.74) is 1.61. The minimum Gasteiger partial charge on any atom is -0.481 e. The van der Waals surface area contributed by atoms with E-state index in [-0.39, 0.29) is 16.8 Å². The van der Waals surface area contributed by atoms with E-state index in [9.17, 15) is 23.1 Å². The second-order valence-electron chi connectivity index (χ2n) is 7.03. The number of amides is 1. The molecule has 1 amide bonds.